The number of amides is 1. The molecular weight excluding hydrogens is 354 g/mol. The molecule has 0 bridgehead atoms. The van der Waals surface area contributed by atoms with Gasteiger partial charge in [-0.15, -0.1) is 0 Å². The van der Waals surface area contributed by atoms with Crippen LogP contribution in [-0.2, 0) is 0 Å². The Labute approximate surface area is 137 Å². The van der Waals surface area contributed by atoms with Gasteiger partial charge in [0.25, 0.3) is 5.91 Å². The number of carbonyl (C=O) groups is 1. The van der Waals surface area contributed by atoms with Gasteiger partial charge in [0.05, 0.1) is 17.9 Å². The average molecular weight is 369 g/mol. The first-order valence-electron chi connectivity index (χ1n) is 6.60. The first-order chi connectivity index (χ1) is 10.1. The average Bonchev–Trinajstić information content (AvgIpc) is 2.47. The molecule has 3 nitrogen and oxygen atoms in total. The van der Waals surface area contributed by atoms with Gasteiger partial charge in [-0.05, 0) is 52.7 Å². The maximum Gasteiger partial charge on any atom is 0.256 e. The first-order valence-corrected chi connectivity index (χ1v) is 7.77. The number of anilines is 1. The minimum Gasteiger partial charge on any atom is -0.491 e. The van der Waals surface area contributed by atoms with E-state index in [0.717, 1.165) is 10.9 Å². The third-order valence-electron chi connectivity index (χ3n) is 2.77. The molecule has 2 aromatic carbocycles. The van der Waals surface area contributed by atoms with Crippen molar-refractivity contribution in [2.75, 3.05) is 11.9 Å². The third kappa shape index (κ3) is 4.22. The second kappa shape index (κ2) is 7.48. The second-order valence-corrected chi connectivity index (χ2v) is 5.71. The molecule has 0 aliphatic heterocycles. The molecule has 2 rings (SSSR count). The number of hydrogen-bond donors (Lipinski definition) is 1. The summed E-state index contributed by atoms with van der Waals surface area (Å²) in [4.78, 5) is 12.3. The Hall–Kier alpha value is -1.52. The van der Waals surface area contributed by atoms with Crippen molar-refractivity contribution < 1.29 is 9.53 Å². The van der Waals surface area contributed by atoms with Crippen molar-refractivity contribution in [3.05, 3.63) is 57.5 Å². The van der Waals surface area contributed by atoms with E-state index in [-0.39, 0.29) is 5.91 Å². The van der Waals surface area contributed by atoms with Crippen molar-refractivity contribution in [2.45, 2.75) is 13.3 Å². The van der Waals surface area contributed by atoms with Crippen LogP contribution < -0.4 is 10.1 Å². The smallest absolute Gasteiger partial charge is 0.256 e. The van der Waals surface area contributed by atoms with Crippen molar-refractivity contribution in [2.24, 2.45) is 0 Å². The molecule has 0 radical (unpaired) electrons. The standard InChI is InChI=1S/C16H15BrClNO2/c1-2-9-21-15-8-7-11(18)10-14(15)19-16(20)12-5-3-4-6-13(12)17/h3-8,10H,2,9H2,1H3,(H,19,20). The maximum absolute atomic E-state index is 12.3. The number of hydrogen-bond acceptors (Lipinski definition) is 2. The highest BCUT2D eigenvalue weighted by atomic mass is 79.9. The van der Waals surface area contributed by atoms with E-state index >= 15 is 0 Å². The molecule has 0 saturated heterocycles. The van der Waals surface area contributed by atoms with E-state index in [2.05, 4.69) is 21.2 Å². The fourth-order valence-corrected chi connectivity index (χ4v) is 2.41. The summed E-state index contributed by atoms with van der Waals surface area (Å²) in [5.74, 6) is 0.396. The molecule has 0 fully saturated rings. The van der Waals surface area contributed by atoms with E-state index in [0.29, 0.717) is 28.6 Å². The molecule has 1 N–H and O–H groups in total. The number of carbonyl (C=O) groups excluding carboxylic acids is 1. The fourth-order valence-electron chi connectivity index (χ4n) is 1.77. The van der Waals surface area contributed by atoms with Gasteiger partial charge < -0.3 is 10.1 Å². The summed E-state index contributed by atoms with van der Waals surface area (Å²) in [5.41, 5.74) is 1.12. The Bertz CT molecular complexity index is 646. The summed E-state index contributed by atoms with van der Waals surface area (Å²) in [7, 11) is 0. The van der Waals surface area contributed by atoms with Gasteiger partial charge in [0.15, 0.2) is 0 Å². The van der Waals surface area contributed by atoms with Crippen LogP contribution in [0.4, 0.5) is 5.69 Å². The van der Waals surface area contributed by atoms with E-state index in [1.807, 2.05) is 25.1 Å². The minimum atomic E-state index is -0.217. The second-order valence-electron chi connectivity index (χ2n) is 4.42. The predicted molar refractivity (Wildman–Crippen MR) is 89.3 cm³/mol. The first kappa shape index (κ1) is 15.9. The Morgan fingerprint density at radius 3 is 2.76 bits per heavy atom. The van der Waals surface area contributed by atoms with Gasteiger partial charge in [0, 0.05) is 9.50 Å². The summed E-state index contributed by atoms with van der Waals surface area (Å²) in [6, 6.07) is 12.4. The normalized spacial score (nSPS) is 10.2. The molecule has 110 valence electrons. The topological polar surface area (TPSA) is 38.3 Å². The van der Waals surface area contributed by atoms with Gasteiger partial charge in [0.1, 0.15) is 5.75 Å². The van der Waals surface area contributed by atoms with Gasteiger partial charge in [0.2, 0.25) is 0 Å². The van der Waals surface area contributed by atoms with E-state index in [1.54, 1.807) is 24.3 Å². The summed E-state index contributed by atoms with van der Waals surface area (Å²) in [6.07, 6.45) is 0.889. The van der Waals surface area contributed by atoms with Gasteiger partial charge in [-0.1, -0.05) is 30.7 Å². The molecule has 2 aromatic rings. The Kier molecular flexibility index (Phi) is 5.65. The lowest BCUT2D eigenvalue weighted by atomic mass is 10.2. The Balaban J connectivity index is 2.24. The zero-order valence-electron chi connectivity index (χ0n) is 11.5. The molecule has 1 amide bonds. The van der Waals surface area contributed by atoms with Crippen LogP contribution in [0.1, 0.15) is 23.7 Å². The molecule has 0 unspecified atom stereocenters. The molecule has 0 aromatic heterocycles. The number of rotatable bonds is 5. The van der Waals surface area contributed by atoms with Crippen LogP contribution in [0.15, 0.2) is 46.9 Å². The van der Waals surface area contributed by atoms with E-state index in [9.17, 15) is 4.79 Å². The molecule has 0 saturated carbocycles. The van der Waals surface area contributed by atoms with Crippen LogP contribution in [0.3, 0.4) is 0 Å². The van der Waals surface area contributed by atoms with Gasteiger partial charge in [-0.2, -0.15) is 0 Å². The highest BCUT2D eigenvalue weighted by Gasteiger charge is 2.13. The molecule has 0 aliphatic carbocycles. The predicted octanol–water partition coefficient (Wildman–Crippen LogP) is 5.14. The SMILES string of the molecule is CCCOc1ccc(Cl)cc1NC(=O)c1ccccc1Br. The van der Waals surface area contributed by atoms with Gasteiger partial charge in [-0.25, -0.2) is 0 Å². The molecule has 0 atom stereocenters. The van der Waals surface area contributed by atoms with Crippen molar-refractivity contribution in [3.8, 4) is 5.75 Å². The minimum absolute atomic E-state index is 0.217. The maximum atomic E-state index is 12.3. The van der Waals surface area contributed by atoms with Crippen LogP contribution in [-0.4, -0.2) is 12.5 Å². The van der Waals surface area contributed by atoms with E-state index < -0.39 is 0 Å². The zero-order chi connectivity index (χ0) is 15.2. The third-order valence-corrected chi connectivity index (χ3v) is 3.70. The van der Waals surface area contributed by atoms with E-state index in [4.69, 9.17) is 16.3 Å². The number of benzene rings is 2. The highest BCUT2D eigenvalue weighted by molar-refractivity contribution is 9.10. The fraction of sp³-hybridized carbons (Fsp3) is 0.188. The van der Waals surface area contributed by atoms with Crippen molar-refractivity contribution in [3.63, 3.8) is 0 Å². The summed E-state index contributed by atoms with van der Waals surface area (Å²) in [6.45, 7) is 2.61. The Morgan fingerprint density at radius 2 is 2.05 bits per heavy atom. The summed E-state index contributed by atoms with van der Waals surface area (Å²) >= 11 is 9.36. The van der Waals surface area contributed by atoms with Crippen molar-refractivity contribution in [1.82, 2.24) is 0 Å². The zero-order valence-corrected chi connectivity index (χ0v) is 13.9. The molecule has 0 aliphatic rings. The molecule has 0 heterocycles. The van der Waals surface area contributed by atoms with Gasteiger partial charge >= 0.3 is 0 Å². The largest absolute Gasteiger partial charge is 0.491 e. The van der Waals surface area contributed by atoms with Crippen LogP contribution in [0.2, 0.25) is 5.02 Å². The quantitative estimate of drug-likeness (QED) is 0.793. The lowest BCUT2D eigenvalue weighted by Gasteiger charge is -2.13. The monoisotopic (exact) mass is 367 g/mol. The Morgan fingerprint density at radius 1 is 1.29 bits per heavy atom. The van der Waals surface area contributed by atoms with Crippen LogP contribution in [0, 0.1) is 0 Å². The van der Waals surface area contributed by atoms with Crippen LogP contribution in [0.25, 0.3) is 0 Å². The van der Waals surface area contributed by atoms with Gasteiger partial charge in [-0.3, -0.25) is 4.79 Å². The lowest BCUT2D eigenvalue weighted by molar-refractivity contribution is 0.102. The number of halogens is 2. The van der Waals surface area contributed by atoms with Crippen LogP contribution >= 0.6 is 27.5 Å². The van der Waals surface area contributed by atoms with Crippen molar-refractivity contribution >= 4 is 39.1 Å². The molecule has 21 heavy (non-hydrogen) atoms. The molecule has 5 heteroatoms. The van der Waals surface area contributed by atoms with Crippen molar-refractivity contribution in [1.29, 1.82) is 0 Å². The van der Waals surface area contributed by atoms with E-state index in [1.165, 1.54) is 0 Å². The van der Waals surface area contributed by atoms with Crippen LogP contribution in [0.5, 0.6) is 5.75 Å². The number of ether oxygens (including phenoxy) is 1. The molecular formula is C16H15BrClNO2. The number of nitrogens with one attached hydrogen (secondary N) is 1. The summed E-state index contributed by atoms with van der Waals surface area (Å²) in [5, 5.41) is 3.38. The molecule has 0 spiro atoms. The summed E-state index contributed by atoms with van der Waals surface area (Å²) < 4.78 is 6.36. The lowest BCUT2D eigenvalue weighted by Crippen LogP contribution is -2.13. The highest BCUT2D eigenvalue weighted by Crippen LogP contribution is 2.29.